The highest BCUT2D eigenvalue weighted by Gasteiger charge is 2.04. The van der Waals surface area contributed by atoms with Crippen LogP contribution in [-0.4, -0.2) is 0 Å². The van der Waals surface area contributed by atoms with Gasteiger partial charge in [-0.05, 0) is 35.9 Å². The van der Waals surface area contributed by atoms with Crippen molar-refractivity contribution in [3.63, 3.8) is 0 Å². The Balaban J connectivity index is 2.25. The molecule has 0 heterocycles. The molecule has 0 saturated carbocycles. The summed E-state index contributed by atoms with van der Waals surface area (Å²) in [5.74, 6) is 1.72. The summed E-state index contributed by atoms with van der Waals surface area (Å²) in [4.78, 5) is 0. The molecule has 0 fully saturated rings. The molecule has 0 N–H and O–H groups in total. The first-order chi connectivity index (χ1) is 8.19. The van der Waals surface area contributed by atoms with Crippen LogP contribution in [0.3, 0.4) is 0 Å². The van der Waals surface area contributed by atoms with E-state index in [4.69, 9.17) is 39.5 Å². The van der Waals surface area contributed by atoms with Crippen molar-refractivity contribution in [1.29, 1.82) is 0 Å². The quantitative estimate of drug-likeness (QED) is 0.675. The Labute approximate surface area is 115 Å². The summed E-state index contributed by atoms with van der Waals surface area (Å²) in [6.45, 7) is 0. The van der Waals surface area contributed by atoms with Gasteiger partial charge in [0, 0.05) is 10.9 Å². The van der Waals surface area contributed by atoms with Gasteiger partial charge in [0.25, 0.3) is 0 Å². The van der Waals surface area contributed by atoms with Crippen LogP contribution in [0.1, 0.15) is 5.56 Å². The molecule has 2 aromatic carbocycles. The maximum atomic E-state index is 6.02. The number of hydrogen-bond donors (Lipinski definition) is 0. The van der Waals surface area contributed by atoms with E-state index in [1.165, 1.54) is 0 Å². The minimum absolute atomic E-state index is 0.450. The second kappa shape index (κ2) is 5.63. The third-order valence-corrected chi connectivity index (χ3v) is 3.01. The van der Waals surface area contributed by atoms with Crippen LogP contribution in [0, 0.1) is 0 Å². The van der Waals surface area contributed by atoms with Gasteiger partial charge in [-0.15, -0.1) is 11.6 Å². The SMILES string of the molecule is ClCc1cccc(Oc2ccc(Cl)cc2Cl)c1. The number of halogens is 3. The summed E-state index contributed by atoms with van der Waals surface area (Å²) < 4.78 is 5.66. The number of hydrogen-bond acceptors (Lipinski definition) is 1. The van der Waals surface area contributed by atoms with E-state index in [2.05, 4.69) is 0 Å². The molecule has 0 saturated heterocycles. The lowest BCUT2D eigenvalue weighted by molar-refractivity contribution is 0.482. The zero-order valence-electron chi connectivity index (χ0n) is 8.79. The summed E-state index contributed by atoms with van der Waals surface area (Å²) in [6, 6.07) is 12.6. The van der Waals surface area contributed by atoms with Gasteiger partial charge in [0.05, 0.1) is 5.02 Å². The van der Waals surface area contributed by atoms with Crippen LogP contribution in [0.15, 0.2) is 42.5 Å². The summed E-state index contributed by atoms with van der Waals surface area (Å²) in [5, 5.41) is 1.06. The van der Waals surface area contributed by atoms with Crippen molar-refractivity contribution in [3.8, 4) is 11.5 Å². The van der Waals surface area contributed by atoms with Gasteiger partial charge >= 0.3 is 0 Å². The van der Waals surface area contributed by atoms with E-state index in [1.807, 2.05) is 24.3 Å². The maximum Gasteiger partial charge on any atom is 0.146 e. The molecule has 0 radical (unpaired) electrons. The molecule has 0 aliphatic rings. The Hall–Kier alpha value is -0.890. The Morgan fingerprint density at radius 2 is 1.82 bits per heavy atom. The number of benzene rings is 2. The van der Waals surface area contributed by atoms with Crippen LogP contribution in [-0.2, 0) is 5.88 Å². The molecule has 4 heteroatoms. The van der Waals surface area contributed by atoms with Crippen LogP contribution >= 0.6 is 34.8 Å². The summed E-state index contributed by atoms with van der Waals surface area (Å²) in [5.41, 5.74) is 0.995. The molecule has 17 heavy (non-hydrogen) atoms. The van der Waals surface area contributed by atoms with Crippen LogP contribution in [0.5, 0.6) is 11.5 Å². The third kappa shape index (κ3) is 3.29. The van der Waals surface area contributed by atoms with E-state index in [9.17, 15) is 0 Å². The van der Waals surface area contributed by atoms with Gasteiger partial charge in [0.2, 0.25) is 0 Å². The molecular formula is C13H9Cl3O. The first-order valence-electron chi connectivity index (χ1n) is 4.97. The largest absolute Gasteiger partial charge is 0.456 e. The van der Waals surface area contributed by atoms with Crippen molar-refractivity contribution in [3.05, 3.63) is 58.1 Å². The lowest BCUT2D eigenvalue weighted by atomic mass is 10.2. The lowest BCUT2D eigenvalue weighted by Gasteiger charge is -2.08. The van der Waals surface area contributed by atoms with Crippen LogP contribution in [0.25, 0.3) is 0 Å². The number of alkyl halides is 1. The lowest BCUT2D eigenvalue weighted by Crippen LogP contribution is -1.86. The van der Waals surface area contributed by atoms with E-state index in [0.29, 0.717) is 27.4 Å². The normalized spacial score (nSPS) is 10.3. The predicted molar refractivity (Wildman–Crippen MR) is 72.5 cm³/mol. The molecule has 0 aromatic heterocycles. The minimum Gasteiger partial charge on any atom is -0.456 e. The van der Waals surface area contributed by atoms with Gasteiger partial charge in [-0.1, -0.05) is 35.3 Å². The highest BCUT2D eigenvalue weighted by molar-refractivity contribution is 6.35. The topological polar surface area (TPSA) is 9.23 Å². The fourth-order valence-corrected chi connectivity index (χ4v) is 1.99. The first-order valence-corrected chi connectivity index (χ1v) is 6.26. The van der Waals surface area contributed by atoms with Crippen molar-refractivity contribution in [1.82, 2.24) is 0 Å². The van der Waals surface area contributed by atoms with Gasteiger partial charge in [-0.2, -0.15) is 0 Å². The van der Waals surface area contributed by atoms with E-state index in [0.717, 1.165) is 5.56 Å². The molecule has 0 spiro atoms. The third-order valence-electron chi connectivity index (χ3n) is 2.17. The maximum absolute atomic E-state index is 6.02. The second-order valence-electron chi connectivity index (χ2n) is 3.46. The van der Waals surface area contributed by atoms with Crippen LogP contribution < -0.4 is 4.74 Å². The van der Waals surface area contributed by atoms with Crippen molar-refractivity contribution in [2.75, 3.05) is 0 Å². The fraction of sp³-hybridized carbons (Fsp3) is 0.0769. The average molecular weight is 288 g/mol. The molecule has 0 aliphatic carbocycles. The zero-order chi connectivity index (χ0) is 12.3. The van der Waals surface area contributed by atoms with Crippen LogP contribution in [0.4, 0.5) is 0 Å². The smallest absolute Gasteiger partial charge is 0.146 e. The molecule has 2 aromatic rings. The highest BCUT2D eigenvalue weighted by Crippen LogP contribution is 2.31. The molecule has 0 bridgehead atoms. The van der Waals surface area contributed by atoms with E-state index >= 15 is 0 Å². The second-order valence-corrected chi connectivity index (χ2v) is 4.57. The van der Waals surface area contributed by atoms with Crippen molar-refractivity contribution >= 4 is 34.8 Å². The molecule has 88 valence electrons. The van der Waals surface area contributed by atoms with E-state index in [1.54, 1.807) is 18.2 Å². The number of ether oxygens (including phenoxy) is 1. The monoisotopic (exact) mass is 286 g/mol. The molecule has 0 amide bonds. The zero-order valence-corrected chi connectivity index (χ0v) is 11.1. The van der Waals surface area contributed by atoms with Gasteiger partial charge in [0.1, 0.15) is 11.5 Å². The molecule has 1 nitrogen and oxygen atoms in total. The molecule has 0 unspecified atom stereocenters. The standard InChI is InChI=1S/C13H9Cl3O/c14-8-9-2-1-3-11(6-9)17-13-5-4-10(15)7-12(13)16/h1-7H,8H2. The van der Waals surface area contributed by atoms with Gasteiger partial charge < -0.3 is 4.74 Å². The minimum atomic E-state index is 0.450. The average Bonchev–Trinajstić information content (AvgIpc) is 2.33. The van der Waals surface area contributed by atoms with Crippen molar-refractivity contribution in [2.24, 2.45) is 0 Å². The molecule has 2 rings (SSSR count). The Morgan fingerprint density at radius 1 is 1.00 bits per heavy atom. The Kier molecular flexibility index (Phi) is 4.16. The first kappa shape index (κ1) is 12.6. The fourth-order valence-electron chi connectivity index (χ4n) is 1.38. The number of rotatable bonds is 3. The summed E-state index contributed by atoms with van der Waals surface area (Å²) in [6.07, 6.45) is 0. The molecule has 0 atom stereocenters. The van der Waals surface area contributed by atoms with Crippen molar-refractivity contribution < 1.29 is 4.74 Å². The molecule has 0 aliphatic heterocycles. The van der Waals surface area contributed by atoms with Crippen LogP contribution in [0.2, 0.25) is 10.0 Å². The predicted octanol–water partition coefficient (Wildman–Crippen LogP) is 5.52. The highest BCUT2D eigenvalue weighted by atomic mass is 35.5. The van der Waals surface area contributed by atoms with E-state index < -0.39 is 0 Å². The van der Waals surface area contributed by atoms with Gasteiger partial charge in [-0.25, -0.2) is 0 Å². The Bertz CT molecular complexity index is 526. The van der Waals surface area contributed by atoms with Gasteiger partial charge in [0.15, 0.2) is 0 Å². The van der Waals surface area contributed by atoms with Gasteiger partial charge in [-0.3, -0.25) is 0 Å². The van der Waals surface area contributed by atoms with Crippen molar-refractivity contribution in [2.45, 2.75) is 5.88 Å². The summed E-state index contributed by atoms with van der Waals surface area (Å²) in [7, 11) is 0. The van der Waals surface area contributed by atoms with E-state index in [-0.39, 0.29) is 0 Å². The molecular weight excluding hydrogens is 279 g/mol. The Morgan fingerprint density at radius 3 is 2.53 bits per heavy atom. The summed E-state index contributed by atoms with van der Waals surface area (Å²) >= 11 is 17.6.